The number of rotatable bonds is 5. The number of hydrogen-bond acceptors (Lipinski definition) is 6. The minimum atomic E-state index is -1.11. The quantitative estimate of drug-likeness (QED) is 0.558. The lowest BCUT2D eigenvalue weighted by molar-refractivity contribution is -0.129. The molecule has 0 spiro atoms. The van der Waals surface area contributed by atoms with Gasteiger partial charge in [0.2, 0.25) is 5.91 Å². The van der Waals surface area contributed by atoms with E-state index in [4.69, 9.17) is 10.7 Å². The van der Waals surface area contributed by atoms with E-state index in [1.54, 1.807) is 23.7 Å². The van der Waals surface area contributed by atoms with Crippen LogP contribution in [0.2, 0.25) is 0 Å². The molecule has 168 valence electrons. The van der Waals surface area contributed by atoms with Gasteiger partial charge in [-0.1, -0.05) is 0 Å². The maximum absolute atomic E-state index is 12.8. The van der Waals surface area contributed by atoms with E-state index in [0.29, 0.717) is 46.9 Å². The van der Waals surface area contributed by atoms with Crippen molar-refractivity contribution in [3.63, 3.8) is 0 Å². The molecule has 2 aromatic heterocycles. The number of benzene rings is 1. The molecule has 1 aromatic carbocycles. The van der Waals surface area contributed by atoms with Gasteiger partial charge in [0.25, 0.3) is 0 Å². The second-order valence-corrected chi connectivity index (χ2v) is 8.69. The monoisotopic (exact) mass is 437 g/mol. The lowest BCUT2D eigenvalue weighted by Crippen LogP contribution is -2.51. The number of nitrogens with two attached hydrogens (primary N) is 1. The summed E-state index contributed by atoms with van der Waals surface area (Å²) in [5.74, 6) is -1.50. The maximum Gasteiger partial charge on any atom is 0.336 e. The molecule has 0 atom stereocenters. The standard InChI is InChI=1S/C23H27N5O4/c1-13-19-17(21(30)31)12-18(14-4-6-16(29)7-5-14)25-20(19)28(26-13)23(22(24)32)10-8-15(9-11-23)27(2)3/h4-7,12,15,29H,8-11H2,1-3H3,(H2,24,32)(H,30,31). The average Bonchev–Trinajstić information content (AvgIpc) is 3.10. The highest BCUT2D eigenvalue weighted by Crippen LogP contribution is 2.39. The number of pyridine rings is 1. The summed E-state index contributed by atoms with van der Waals surface area (Å²) in [4.78, 5) is 31.8. The molecule has 1 aliphatic carbocycles. The molecule has 0 radical (unpaired) electrons. The van der Waals surface area contributed by atoms with Crippen LogP contribution < -0.4 is 5.73 Å². The fourth-order valence-corrected chi connectivity index (χ4v) is 4.70. The number of nitrogens with zero attached hydrogens (tertiary/aromatic N) is 4. The number of carbonyl (C=O) groups excluding carboxylic acids is 1. The molecule has 4 N–H and O–H groups in total. The fourth-order valence-electron chi connectivity index (χ4n) is 4.70. The maximum atomic E-state index is 12.8. The summed E-state index contributed by atoms with van der Waals surface area (Å²) in [6, 6.07) is 8.18. The minimum Gasteiger partial charge on any atom is -0.508 e. The molecular weight excluding hydrogens is 410 g/mol. The van der Waals surface area contributed by atoms with E-state index in [-0.39, 0.29) is 11.3 Å². The van der Waals surface area contributed by atoms with Gasteiger partial charge in [-0.25, -0.2) is 14.5 Å². The first-order valence-corrected chi connectivity index (χ1v) is 10.5. The van der Waals surface area contributed by atoms with Gasteiger partial charge in [-0.15, -0.1) is 0 Å². The largest absolute Gasteiger partial charge is 0.508 e. The van der Waals surface area contributed by atoms with Crippen molar-refractivity contribution in [2.24, 2.45) is 5.73 Å². The van der Waals surface area contributed by atoms with E-state index in [1.165, 1.54) is 18.2 Å². The van der Waals surface area contributed by atoms with Crippen LogP contribution in [0, 0.1) is 6.92 Å². The molecule has 0 saturated heterocycles. The van der Waals surface area contributed by atoms with E-state index in [0.717, 1.165) is 12.8 Å². The molecule has 0 bridgehead atoms. The normalized spacial score (nSPS) is 21.2. The number of primary amides is 1. The van der Waals surface area contributed by atoms with Crippen molar-refractivity contribution in [2.75, 3.05) is 14.1 Å². The molecule has 9 heteroatoms. The number of carboxylic acids is 1. The fraction of sp³-hybridized carbons (Fsp3) is 0.391. The highest BCUT2D eigenvalue weighted by atomic mass is 16.4. The summed E-state index contributed by atoms with van der Waals surface area (Å²) in [6.07, 6.45) is 2.52. The van der Waals surface area contributed by atoms with Crippen LogP contribution in [-0.2, 0) is 10.3 Å². The summed E-state index contributed by atoms with van der Waals surface area (Å²) in [6.45, 7) is 1.72. The number of aromatic hydroxyl groups is 1. The van der Waals surface area contributed by atoms with Gasteiger partial charge in [-0.2, -0.15) is 5.10 Å². The van der Waals surface area contributed by atoms with Gasteiger partial charge in [0, 0.05) is 11.6 Å². The molecule has 1 aliphatic rings. The van der Waals surface area contributed by atoms with Crippen molar-refractivity contribution in [1.82, 2.24) is 19.7 Å². The van der Waals surface area contributed by atoms with Crippen LogP contribution >= 0.6 is 0 Å². The number of amides is 1. The highest BCUT2D eigenvalue weighted by Gasteiger charge is 2.45. The third-order valence-electron chi connectivity index (χ3n) is 6.58. The Morgan fingerprint density at radius 3 is 2.34 bits per heavy atom. The predicted molar refractivity (Wildman–Crippen MR) is 119 cm³/mol. The predicted octanol–water partition coefficient (Wildman–Crippen LogP) is 2.50. The smallest absolute Gasteiger partial charge is 0.336 e. The van der Waals surface area contributed by atoms with Crippen molar-refractivity contribution in [3.05, 3.63) is 41.6 Å². The Labute approximate surface area is 185 Å². The molecule has 9 nitrogen and oxygen atoms in total. The number of aromatic carboxylic acids is 1. The van der Waals surface area contributed by atoms with Crippen LogP contribution in [0.1, 0.15) is 41.7 Å². The van der Waals surface area contributed by atoms with E-state index >= 15 is 0 Å². The summed E-state index contributed by atoms with van der Waals surface area (Å²) < 4.78 is 1.56. The van der Waals surface area contributed by atoms with Crippen LogP contribution in [0.3, 0.4) is 0 Å². The van der Waals surface area contributed by atoms with Crippen molar-refractivity contribution in [2.45, 2.75) is 44.2 Å². The van der Waals surface area contributed by atoms with Gasteiger partial charge < -0.3 is 20.8 Å². The topological polar surface area (TPSA) is 135 Å². The Morgan fingerprint density at radius 2 is 1.81 bits per heavy atom. The molecule has 1 amide bonds. The summed E-state index contributed by atoms with van der Waals surface area (Å²) in [7, 11) is 4.03. The zero-order valence-corrected chi connectivity index (χ0v) is 18.4. The van der Waals surface area contributed by atoms with Crippen molar-refractivity contribution in [3.8, 4) is 17.0 Å². The first-order chi connectivity index (χ1) is 15.1. The second kappa shape index (κ2) is 7.90. The van der Waals surface area contributed by atoms with Crippen LogP contribution in [-0.4, -0.2) is 61.9 Å². The Hall–Kier alpha value is -3.46. The molecule has 4 rings (SSSR count). The molecule has 0 aliphatic heterocycles. The lowest BCUT2D eigenvalue weighted by atomic mass is 9.78. The number of fused-ring (bicyclic) bond motifs is 1. The Balaban J connectivity index is 1.94. The van der Waals surface area contributed by atoms with Gasteiger partial charge in [-0.3, -0.25) is 4.79 Å². The van der Waals surface area contributed by atoms with Crippen molar-refractivity contribution in [1.29, 1.82) is 0 Å². The van der Waals surface area contributed by atoms with E-state index in [1.807, 2.05) is 14.1 Å². The van der Waals surface area contributed by atoms with Crippen LogP contribution in [0.4, 0.5) is 0 Å². The third kappa shape index (κ3) is 3.48. The Morgan fingerprint density at radius 1 is 1.19 bits per heavy atom. The number of carbonyl (C=O) groups is 2. The summed E-state index contributed by atoms with van der Waals surface area (Å²) >= 11 is 0. The van der Waals surface area contributed by atoms with Crippen LogP contribution in [0.5, 0.6) is 5.75 Å². The van der Waals surface area contributed by atoms with Crippen molar-refractivity contribution < 1.29 is 19.8 Å². The van der Waals surface area contributed by atoms with Gasteiger partial charge in [-0.05, 0) is 77.0 Å². The Bertz CT molecular complexity index is 1190. The second-order valence-electron chi connectivity index (χ2n) is 8.69. The van der Waals surface area contributed by atoms with Crippen molar-refractivity contribution >= 4 is 22.9 Å². The molecule has 1 fully saturated rings. The summed E-state index contributed by atoms with van der Waals surface area (Å²) in [5.41, 5.74) is 6.78. The number of aromatic nitrogens is 3. The molecule has 3 aromatic rings. The number of hydrogen-bond donors (Lipinski definition) is 3. The zero-order chi connectivity index (χ0) is 23.2. The SMILES string of the molecule is Cc1nn(C2(C(N)=O)CCC(N(C)C)CC2)c2nc(-c3ccc(O)cc3)cc(C(=O)O)c12. The van der Waals surface area contributed by atoms with Gasteiger partial charge >= 0.3 is 5.97 Å². The number of phenols is 1. The zero-order valence-electron chi connectivity index (χ0n) is 18.4. The molecule has 0 unspecified atom stereocenters. The highest BCUT2D eigenvalue weighted by molar-refractivity contribution is 6.04. The molecule has 2 heterocycles. The van der Waals surface area contributed by atoms with E-state index < -0.39 is 17.4 Å². The molecule has 32 heavy (non-hydrogen) atoms. The average molecular weight is 438 g/mol. The minimum absolute atomic E-state index is 0.0587. The first-order valence-electron chi connectivity index (χ1n) is 10.5. The number of carboxylic acid groups (broad SMARTS) is 1. The van der Waals surface area contributed by atoms with Crippen LogP contribution in [0.25, 0.3) is 22.3 Å². The first kappa shape index (κ1) is 21.8. The lowest BCUT2D eigenvalue weighted by Gasteiger charge is -2.40. The van der Waals surface area contributed by atoms with E-state index in [9.17, 15) is 19.8 Å². The van der Waals surface area contributed by atoms with E-state index in [2.05, 4.69) is 10.00 Å². The summed E-state index contributed by atoms with van der Waals surface area (Å²) in [5, 5.41) is 24.5. The Kier molecular flexibility index (Phi) is 5.37. The van der Waals surface area contributed by atoms with Gasteiger partial charge in [0.15, 0.2) is 5.65 Å². The molecular formula is C23H27N5O4. The molecule has 1 saturated carbocycles. The third-order valence-corrected chi connectivity index (χ3v) is 6.58. The van der Waals surface area contributed by atoms with Gasteiger partial charge in [0.1, 0.15) is 11.3 Å². The number of phenolic OH excluding ortho intramolecular Hbond substituents is 1. The van der Waals surface area contributed by atoms with Crippen LogP contribution in [0.15, 0.2) is 30.3 Å². The van der Waals surface area contributed by atoms with Gasteiger partial charge in [0.05, 0.1) is 22.3 Å². The number of aryl methyl sites for hydroxylation is 1.